The van der Waals surface area contributed by atoms with E-state index < -0.39 is 0 Å². The van der Waals surface area contributed by atoms with E-state index in [1.165, 1.54) is 79.9 Å². The molecule has 2 aliphatic heterocycles. The van der Waals surface area contributed by atoms with Crippen LogP contribution in [0.15, 0.2) is 77.2 Å². The van der Waals surface area contributed by atoms with Gasteiger partial charge in [0.2, 0.25) is 0 Å². The molecule has 0 spiro atoms. The van der Waals surface area contributed by atoms with Crippen LogP contribution in [0.3, 0.4) is 0 Å². The highest BCUT2D eigenvalue weighted by Crippen LogP contribution is 2.51. The van der Waals surface area contributed by atoms with Crippen LogP contribution in [0.25, 0.3) is 11.0 Å². The minimum absolute atomic E-state index is 0.0455. The molecule has 61 heavy (non-hydrogen) atoms. The first-order valence-electron chi connectivity index (χ1n) is 22.8. The Morgan fingerprint density at radius 1 is 0.557 bits per heavy atom. The van der Waals surface area contributed by atoms with Crippen LogP contribution in [-0.2, 0) is 32.5 Å². The topological polar surface area (TPSA) is 19.6 Å². The fourth-order valence-corrected chi connectivity index (χ4v) is 10.2. The molecule has 0 unspecified atom stereocenters. The van der Waals surface area contributed by atoms with Gasteiger partial charge in [0, 0.05) is 34.0 Å². The second-order valence-electron chi connectivity index (χ2n) is 24.2. The molecule has 0 bridgehead atoms. The van der Waals surface area contributed by atoms with Crippen molar-refractivity contribution in [3.63, 3.8) is 0 Å². The third kappa shape index (κ3) is 6.64. The van der Waals surface area contributed by atoms with Gasteiger partial charge in [-0.05, 0) is 151 Å². The van der Waals surface area contributed by atoms with Crippen molar-refractivity contribution in [2.45, 2.75) is 163 Å². The molecule has 4 heteroatoms. The van der Waals surface area contributed by atoms with Crippen molar-refractivity contribution in [1.29, 1.82) is 0 Å². The van der Waals surface area contributed by atoms with Gasteiger partial charge in [-0.1, -0.05) is 141 Å². The largest absolute Gasteiger partial charge is 0.459 e. The summed E-state index contributed by atoms with van der Waals surface area (Å²) in [6.45, 7) is 39.6. The molecule has 3 nitrogen and oxygen atoms in total. The van der Waals surface area contributed by atoms with Crippen molar-refractivity contribution in [1.82, 2.24) is 0 Å². The molecule has 0 saturated heterocycles. The number of benzene rings is 4. The fourth-order valence-electron chi connectivity index (χ4n) is 10.2. The molecule has 1 aromatic heterocycles. The van der Waals surface area contributed by atoms with Crippen molar-refractivity contribution in [2.75, 3.05) is 9.80 Å². The predicted molar refractivity (Wildman–Crippen MR) is 263 cm³/mol. The molecule has 3 heterocycles. The standard InChI is InChI=1S/C57H67BN2O/c1-34-26-46-49-47(27-34)60(40-29-37(54(8,9)10)28-38(30-40)55(11,12)13)50-41-31-35(52(2,3)4)19-23-48(41)61-51(50)58(49)44-32-36(53(5,6)7)18-22-45(44)59(46)39-20-21-42-43(33-39)57(16,17)25-24-56(42,14)15/h18,20-22,26-33H,24-25H2,1-17H3. The lowest BCUT2D eigenvalue weighted by Gasteiger charge is -2.45. The van der Waals surface area contributed by atoms with Crippen LogP contribution in [0.5, 0.6) is 0 Å². The lowest BCUT2D eigenvalue weighted by atomic mass is 9.35. The van der Waals surface area contributed by atoms with Gasteiger partial charge < -0.3 is 14.2 Å². The van der Waals surface area contributed by atoms with Gasteiger partial charge in [0.25, 0.3) is 6.71 Å². The monoisotopic (exact) mass is 807 g/mol. The third-order valence-corrected chi connectivity index (χ3v) is 14.3. The lowest BCUT2D eigenvalue weighted by Crippen LogP contribution is -2.61. The number of furan rings is 1. The minimum Gasteiger partial charge on any atom is -0.459 e. The number of fused-ring (bicyclic) bond motifs is 7. The molecule has 0 amide bonds. The van der Waals surface area contributed by atoms with Crippen molar-refractivity contribution in [3.8, 4) is 0 Å². The maximum Gasteiger partial charge on any atom is 0.297 e. The molecule has 314 valence electrons. The first-order chi connectivity index (χ1) is 28.1. The Morgan fingerprint density at radius 2 is 1.15 bits per heavy atom. The van der Waals surface area contributed by atoms with Crippen molar-refractivity contribution < 1.29 is 4.42 Å². The Bertz CT molecular complexity index is 2740. The molecule has 3 aliphatic rings. The molecular formula is C57H67BN2O. The first kappa shape index (κ1) is 41.5. The Hall–Kier alpha value is -4.88. The third-order valence-electron chi connectivity index (χ3n) is 14.3. The van der Waals surface area contributed by atoms with Crippen molar-refractivity contribution >= 4 is 68.4 Å². The van der Waals surface area contributed by atoms with E-state index in [0.29, 0.717) is 0 Å². The number of rotatable bonds is 2. The van der Waals surface area contributed by atoms with Gasteiger partial charge in [-0.15, -0.1) is 0 Å². The van der Waals surface area contributed by atoms with Crippen LogP contribution in [0, 0.1) is 19.1 Å². The molecule has 0 N–H and O–H groups in total. The second kappa shape index (κ2) is 13.1. The summed E-state index contributed by atoms with van der Waals surface area (Å²) in [5, 5.41) is 1.08. The number of aryl methyl sites for hydroxylation is 1. The molecule has 0 atom stereocenters. The smallest absolute Gasteiger partial charge is 0.297 e. The van der Waals surface area contributed by atoms with E-state index in [2.05, 4.69) is 212 Å². The van der Waals surface area contributed by atoms with Gasteiger partial charge in [-0.25, -0.2) is 0 Å². The molecular weight excluding hydrogens is 739 g/mol. The maximum atomic E-state index is 7.29. The van der Waals surface area contributed by atoms with Crippen LogP contribution < -0.4 is 26.4 Å². The highest BCUT2D eigenvalue weighted by molar-refractivity contribution is 7.00. The van der Waals surface area contributed by atoms with Gasteiger partial charge in [0.15, 0.2) is 5.58 Å². The van der Waals surface area contributed by atoms with Crippen LogP contribution in [0.1, 0.15) is 163 Å². The summed E-state index contributed by atoms with van der Waals surface area (Å²) in [7, 11) is 0. The van der Waals surface area contributed by atoms with Crippen LogP contribution in [-0.4, -0.2) is 6.71 Å². The zero-order chi connectivity index (χ0) is 44.1. The zero-order valence-electron chi connectivity index (χ0n) is 40.2. The SMILES string of the molecule is Cc1cc2c3c(c1)N(c1cc(C(C)(C)C)cc(C(C)(C)C)c1)c1c(oc4c#cc(C(C)(C)C)cc14)B3c1cc(C(C)(C)C)ccc1N2c1ccc2c(c1)C(C)(C)CCC2(C)C. The molecule has 5 aromatic carbocycles. The van der Waals surface area contributed by atoms with Crippen molar-refractivity contribution in [2.24, 2.45) is 0 Å². The summed E-state index contributed by atoms with van der Waals surface area (Å²) < 4.78 is 7.29. The summed E-state index contributed by atoms with van der Waals surface area (Å²) in [5.74, 6) is 0. The lowest BCUT2D eigenvalue weighted by molar-refractivity contribution is 0.332. The number of hydrogen-bond acceptors (Lipinski definition) is 3. The van der Waals surface area contributed by atoms with E-state index in [4.69, 9.17) is 4.42 Å². The highest BCUT2D eigenvalue weighted by Gasteiger charge is 2.48. The zero-order valence-corrected chi connectivity index (χ0v) is 40.2. The van der Waals surface area contributed by atoms with Gasteiger partial charge in [-0.3, -0.25) is 0 Å². The Morgan fingerprint density at radius 3 is 1.74 bits per heavy atom. The molecule has 9 rings (SSSR count). The highest BCUT2D eigenvalue weighted by atomic mass is 16.3. The van der Waals surface area contributed by atoms with Crippen LogP contribution in [0.2, 0.25) is 0 Å². The molecule has 6 aromatic rings. The van der Waals surface area contributed by atoms with Crippen molar-refractivity contribution in [3.05, 3.63) is 124 Å². The summed E-state index contributed by atoms with van der Waals surface area (Å²) >= 11 is 0. The summed E-state index contributed by atoms with van der Waals surface area (Å²) in [4.78, 5) is 5.14. The van der Waals surface area contributed by atoms with Gasteiger partial charge in [0.1, 0.15) is 5.66 Å². The normalized spacial score (nSPS) is 16.8. The molecule has 0 fully saturated rings. The summed E-state index contributed by atoms with van der Waals surface area (Å²) in [6.07, 6.45) is 2.36. The van der Waals surface area contributed by atoms with Crippen LogP contribution >= 0.6 is 0 Å². The Kier molecular flexibility index (Phi) is 8.89. The van der Waals surface area contributed by atoms with Crippen LogP contribution in [0.4, 0.5) is 34.1 Å². The number of hydrogen-bond donors (Lipinski definition) is 0. The minimum atomic E-state index is -0.134. The Labute approximate surface area is 368 Å². The molecule has 0 radical (unpaired) electrons. The molecule has 0 saturated carbocycles. The number of nitrogens with zero attached hydrogens (tertiary/aromatic N) is 2. The average Bonchev–Trinajstić information content (AvgIpc) is 3.53. The first-order valence-corrected chi connectivity index (χ1v) is 22.8. The predicted octanol–water partition coefficient (Wildman–Crippen LogP) is 14.0. The Balaban J connectivity index is 1.42. The number of anilines is 6. The van der Waals surface area contributed by atoms with E-state index in [1.807, 2.05) is 0 Å². The van der Waals surface area contributed by atoms with E-state index in [0.717, 1.165) is 33.6 Å². The maximum absolute atomic E-state index is 7.29. The van der Waals surface area contributed by atoms with Gasteiger partial charge >= 0.3 is 0 Å². The quantitative estimate of drug-likeness (QED) is 0.162. The summed E-state index contributed by atoms with van der Waals surface area (Å²) in [6, 6.07) is 36.2. The van der Waals surface area contributed by atoms with E-state index in [9.17, 15) is 0 Å². The second-order valence-corrected chi connectivity index (χ2v) is 24.2. The van der Waals surface area contributed by atoms with E-state index in [-0.39, 0.29) is 39.2 Å². The van der Waals surface area contributed by atoms with E-state index >= 15 is 0 Å². The molecule has 1 aliphatic carbocycles. The summed E-state index contributed by atoms with van der Waals surface area (Å²) in [5.41, 5.74) is 20.6. The van der Waals surface area contributed by atoms with Gasteiger partial charge in [0.05, 0.1) is 11.1 Å². The average molecular weight is 807 g/mol. The van der Waals surface area contributed by atoms with Gasteiger partial charge in [-0.2, -0.15) is 0 Å². The van der Waals surface area contributed by atoms with E-state index in [1.54, 1.807) is 0 Å². The fraction of sp³-hybridized carbons (Fsp3) is 0.439.